The average Bonchev–Trinajstić information content (AvgIpc) is 0. The van der Waals surface area contributed by atoms with Crippen molar-refractivity contribution in [2.75, 3.05) is 0 Å². The molecule has 0 N–H and O–H groups in total. The first-order chi connectivity index (χ1) is 0. The minimum Gasteiger partial charge on any atom is 0 e. The molecular weight excluding hydrogens is 458 g/mol. The van der Waals surface area contributed by atoms with Gasteiger partial charge in [0.15, 0.2) is 0 Å². The van der Waals surface area contributed by atoms with Gasteiger partial charge >= 0.3 is 0 Å². The molecule has 0 aromatic rings. The van der Waals surface area contributed by atoms with E-state index in [0.717, 1.165) is 0 Å². The van der Waals surface area contributed by atoms with E-state index in [2.05, 4.69) is 0 Å². The molecule has 0 aliphatic carbocycles. The zero-order chi connectivity index (χ0) is 0. The third-order valence-corrected chi connectivity index (χ3v) is 0. The number of rotatable bonds is 0. The first kappa shape index (κ1) is 38.6. The SMILES string of the molecule is [Sn].[Sn].[Sn].[V].[V]. The van der Waals surface area contributed by atoms with E-state index in [0.29, 0.717) is 0 Å². The van der Waals surface area contributed by atoms with Gasteiger partial charge in [-0.15, -0.1) is 0 Å². The predicted octanol–water partition coefficient (Wildman–Crippen LogP) is -1.15. The fourth-order valence-corrected chi connectivity index (χ4v) is 0. The summed E-state index contributed by atoms with van der Waals surface area (Å²) in [6.07, 6.45) is 0. The molecule has 5 heavy (non-hydrogen) atoms. The van der Waals surface area contributed by atoms with E-state index in [1.807, 2.05) is 0 Å². The number of hydrogen-bond donors (Lipinski definition) is 0. The van der Waals surface area contributed by atoms with Crippen LogP contribution in [0.15, 0.2) is 0 Å². The smallest absolute Gasteiger partial charge is 0 e. The summed E-state index contributed by atoms with van der Waals surface area (Å²) in [5.74, 6) is 0. The van der Waals surface area contributed by atoms with E-state index in [1.54, 1.807) is 0 Å². The largest absolute Gasteiger partial charge is 0 e. The molecule has 0 rings (SSSR count). The summed E-state index contributed by atoms with van der Waals surface area (Å²) in [7, 11) is 0. The van der Waals surface area contributed by atoms with Crippen LogP contribution >= 0.6 is 0 Å². The molecule has 0 aliphatic heterocycles. The van der Waals surface area contributed by atoms with Crippen molar-refractivity contribution in [3.63, 3.8) is 0 Å². The van der Waals surface area contributed by atoms with Crippen molar-refractivity contribution < 1.29 is 37.1 Å². The van der Waals surface area contributed by atoms with Crippen LogP contribution in [0.3, 0.4) is 0 Å². The van der Waals surface area contributed by atoms with Crippen molar-refractivity contribution >= 4 is 71.7 Å². The van der Waals surface area contributed by atoms with Crippen molar-refractivity contribution in [1.29, 1.82) is 0 Å². The Bertz CT molecular complexity index is 4.85. The van der Waals surface area contributed by atoms with Crippen molar-refractivity contribution in [1.82, 2.24) is 0 Å². The maximum Gasteiger partial charge on any atom is 0 e. The summed E-state index contributed by atoms with van der Waals surface area (Å²) in [4.78, 5) is 0. The molecule has 0 aromatic carbocycles. The molecule has 0 heterocycles. The van der Waals surface area contributed by atoms with Gasteiger partial charge in [-0.2, -0.15) is 0 Å². The van der Waals surface area contributed by atoms with Gasteiger partial charge in [-0.25, -0.2) is 0 Å². The quantitative estimate of drug-likeness (QED) is 0.403. The van der Waals surface area contributed by atoms with E-state index in [4.69, 9.17) is 0 Å². The summed E-state index contributed by atoms with van der Waals surface area (Å²) in [6, 6.07) is 0. The summed E-state index contributed by atoms with van der Waals surface area (Å²) in [6.45, 7) is 0. The van der Waals surface area contributed by atoms with Crippen LogP contribution < -0.4 is 0 Å². The van der Waals surface area contributed by atoms with Crippen molar-refractivity contribution in [2.45, 2.75) is 0 Å². The van der Waals surface area contributed by atoms with Crippen molar-refractivity contribution in [3.05, 3.63) is 0 Å². The fourth-order valence-electron chi connectivity index (χ4n) is 0. The molecular formula is Sn3V2. The Morgan fingerprint density at radius 2 is 0.400 bits per heavy atom. The van der Waals surface area contributed by atoms with Gasteiger partial charge in [-0.3, -0.25) is 0 Å². The van der Waals surface area contributed by atoms with Crippen LogP contribution in [0, 0.1) is 0 Å². The predicted molar refractivity (Wildman–Crippen MR) is 17.3 cm³/mol. The van der Waals surface area contributed by atoms with Crippen LogP contribution in [0.4, 0.5) is 0 Å². The summed E-state index contributed by atoms with van der Waals surface area (Å²) < 4.78 is 0. The standard InChI is InChI=1S/3Sn.2V. The molecule has 0 saturated carbocycles. The molecule has 0 saturated heterocycles. The Morgan fingerprint density at radius 3 is 0.400 bits per heavy atom. The minimum absolute atomic E-state index is 0. The third kappa shape index (κ3) is 18.4. The second kappa shape index (κ2) is 25.7. The second-order valence-electron chi connectivity index (χ2n) is 0. The normalized spacial score (nSPS) is 0. The van der Waals surface area contributed by atoms with Gasteiger partial charge in [0.05, 0.1) is 0 Å². The second-order valence-corrected chi connectivity index (χ2v) is 0. The minimum atomic E-state index is 0. The maximum atomic E-state index is 0. The van der Waals surface area contributed by atoms with Gasteiger partial charge in [-0.05, 0) is 0 Å². The maximum absolute atomic E-state index is 0. The van der Waals surface area contributed by atoms with Gasteiger partial charge in [0.1, 0.15) is 0 Å². The van der Waals surface area contributed by atoms with Crippen LogP contribution in [0.2, 0.25) is 0 Å². The summed E-state index contributed by atoms with van der Waals surface area (Å²) in [5, 5.41) is 0. The van der Waals surface area contributed by atoms with E-state index < -0.39 is 0 Å². The zero-order valence-corrected chi connectivity index (χ0v) is 13.8. The molecule has 22 valence electrons. The fraction of sp³-hybridized carbons (Fsp3) is 0. The zero-order valence-electron chi connectivity index (χ0n) is 2.39. The topological polar surface area (TPSA) is 0 Å². The molecule has 0 aromatic heterocycles. The molecule has 0 spiro atoms. The van der Waals surface area contributed by atoms with Crippen LogP contribution in [-0.2, 0) is 37.1 Å². The van der Waals surface area contributed by atoms with Crippen LogP contribution in [0.5, 0.6) is 0 Å². The molecule has 0 bridgehead atoms. The summed E-state index contributed by atoms with van der Waals surface area (Å²) in [5.41, 5.74) is 0. The third-order valence-electron chi connectivity index (χ3n) is 0. The van der Waals surface area contributed by atoms with Crippen molar-refractivity contribution in [3.8, 4) is 0 Å². The van der Waals surface area contributed by atoms with Gasteiger partial charge in [0.2, 0.25) is 0 Å². The Hall–Kier alpha value is 3.56. The first-order valence-electron chi connectivity index (χ1n) is 0. The average molecular weight is 458 g/mol. The molecule has 5 heteroatoms. The molecule has 0 fully saturated rings. The van der Waals surface area contributed by atoms with Crippen LogP contribution in [0.1, 0.15) is 0 Å². The van der Waals surface area contributed by atoms with Crippen molar-refractivity contribution in [2.24, 2.45) is 0 Å². The molecule has 0 amide bonds. The first-order valence-corrected chi connectivity index (χ1v) is 0. The monoisotopic (exact) mass is 462 g/mol. The Labute approximate surface area is 107 Å². The Kier molecular flexibility index (Phi) is 198. The van der Waals surface area contributed by atoms with E-state index in [1.165, 1.54) is 0 Å². The molecule has 0 nitrogen and oxygen atoms in total. The Morgan fingerprint density at radius 1 is 0.400 bits per heavy atom. The van der Waals surface area contributed by atoms with Gasteiger partial charge in [0.25, 0.3) is 0 Å². The van der Waals surface area contributed by atoms with Crippen LogP contribution in [0.25, 0.3) is 0 Å². The molecule has 14 radical (unpaired) electrons. The van der Waals surface area contributed by atoms with E-state index in [-0.39, 0.29) is 109 Å². The van der Waals surface area contributed by atoms with Gasteiger partial charge in [0, 0.05) is 109 Å². The Balaban J connectivity index is 0. The summed E-state index contributed by atoms with van der Waals surface area (Å²) >= 11 is 0. The molecule has 0 aliphatic rings. The molecule has 0 atom stereocenters. The number of hydrogen-bond acceptors (Lipinski definition) is 0. The van der Waals surface area contributed by atoms with Gasteiger partial charge < -0.3 is 0 Å². The van der Waals surface area contributed by atoms with Gasteiger partial charge in [-0.1, -0.05) is 0 Å². The van der Waals surface area contributed by atoms with E-state index in [9.17, 15) is 0 Å². The van der Waals surface area contributed by atoms with Crippen LogP contribution in [-0.4, -0.2) is 71.7 Å². The molecule has 0 unspecified atom stereocenters. The van der Waals surface area contributed by atoms with E-state index >= 15 is 0 Å².